The maximum atomic E-state index is 12.4. The molecule has 1 aromatic carbocycles. The Balaban J connectivity index is 2.31. The Hall–Kier alpha value is -1.43. The van der Waals surface area contributed by atoms with Crippen LogP contribution in [0.4, 0.5) is 0 Å². The zero-order chi connectivity index (χ0) is 20.7. The predicted octanol–water partition coefficient (Wildman–Crippen LogP) is 5.30. The maximum Gasteiger partial charge on any atom is 0.335 e. The van der Waals surface area contributed by atoms with Gasteiger partial charge in [0.1, 0.15) is 0 Å². The summed E-state index contributed by atoms with van der Waals surface area (Å²) in [6.07, 6.45) is 3.31. The molecule has 0 aromatic heterocycles. The minimum Gasteiger partial charge on any atom is -0.467 e. The highest BCUT2D eigenvalue weighted by molar-refractivity contribution is 6.73. The molecular formula is C23H36O4Si. The predicted molar refractivity (Wildman–Crippen MR) is 117 cm³/mol. The van der Waals surface area contributed by atoms with Crippen LogP contribution in [0.25, 0.3) is 6.08 Å². The van der Waals surface area contributed by atoms with E-state index in [1.54, 1.807) is 0 Å². The number of benzene rings is 1. The molecule has 1 saturated heterocycles. The van der Waals surface area contributed by atoms with E-state index in [0.717, 1.165) is 23.7 Å². The molecule has 0 spiro atoms. The van der Waals surface area contributed by atoms with Crippen molar-refractivity contribution in [2.45, 2.75) is 71.1 Å². The van der Waals surface area contributed by atoms with Crippen LogP contribution in [0.2, 0.25) is 18.1 Å². The van der Waals surface area contributed by atoms with E-state index in [9.17, 15) is 4.79 Å². The van der Waals surface area contributed by atoms with E-state index in [4.69, 9.17) is 13.9 Å². The second-order valence-electron chi connectivity index (χ2n) is 7.86. The third-order valence-electron chi connectivity index (χ3n) is 6.37. The van der Waals surface area contributed by atoms with E-state index in [2.05, 4.69) is 58.9 Å². The van der Waals surface area contributed by atoms with Crippen LogP contribution in [0, 0.1) is 11.8 Å². The Kier molecular flexibility index (Phi) is 8.47. The molecule has 1 aliphatic rings. The molecule has 1 aliphatic heterocycles. The number of rotatable bonds is 8. The molecule has 0 saturated carbocycles. The number of esters is 1. The second-order valence-corrected chi connectivity index (χ2v) is 12.6. The summed E-state index contributed by atoms with van der Waals surface area (Å²) in [4.78, 5) is 12.4. The number of methoxy groups -OCH3 is 1. The minimum atomic E-state index is -1.81. The van der Waals surface area contributed by atoms with Crippen LogP contribution >= 0.6 is 0 Å². The molecule has 5 heteroatoms. The van der Waals surface area contributed by atoms with Gasteiger partial charge < -0.3 is 13.9 Å². The minimum absolute atomic E-state index is 0.0187. The van der Waals surface area contributed by atoms with Gasteiger partial charge >= 0.3 is 5.97 Å². The molecule has 4 nitrogen and oxygen atoms in total. The number of hydrogen-bond acceptors (Lipinski definition) is 4. The normalized spacial score (nSPS) is 28.4. The molecule has 0 N–H and O–H groups in total. The van der Waals surface area contributed by atoms with E-state index in [0.29, 0.717) is 0 Å². The number of hydrogen-bond donors (Lipinski definition) is 0. The summed E-state index contributed by atoms with van der Waals surface area (Å²) in [5, 5.41) is 0. The van der Waals surface area contributed by atoms with Crippen molar-refractivity contribution in [1.29, 1.82) is 0 Å². The largest absolute Gasteiger partial charge is 0.467 e. The monoisotopic (exact) mass is 404 g/mol. The highest BCUT2D eigenvalue weighted by Crippen LogP contribution is 2.37. The van der Waals surface area contributed by atoms with Gasteiger partial charge in [-0.3, -0.25) is 0 Å². The van der Waals surface area contributed by atoms with Gasteiger partial charge in [-0.1, -0.05) is 77.1 Å². The summed E-state index contributed by atoms with van der Waals surface area (Å²) in [7, 11) is -0.390. The summed E-state index contributed by atoms with van der Waals surface area (Å²) in [5.41, 5.74) is 1.11. The topological polar surface area (TPSA) is 44.8 Å². The van der Waals surface area contributed by atoms with Gasteiger partial charge in [-0.25, -0.2) is 4.79 Å². The average Bonchev–Trinajstić information content (AvgIpc) is 2.74. The molecular weight excluding hydrogens is 368 g/mol. The van der Waals surface area contributed by atoms with Gasteiger partial charge in [0.25, 0.3) is 0 Å². The van der Waals surface area contributed by atoms with Crippen LogP contribution in [0.5, 0.6) is 0 Å². The lowest BCUT2D eigenvalue weighted by Gasteiger charge is -2.46. The Bertz CT molecular complexity index is 633. The fraction of sp³-hybridized carbons (Fsp3) is 0.609. The lowest BCUT2D eigenvalue weighted by molar-refractivity contribution is -0.183. The van der Waals surface area contributed by atoms with Gasteiger partial charge in [-0.15, -0.1) is 0 Å². The van der Waals surface area contributed by atoms with Crippen LogP contribution in [-0.4, -0.2) is 39.7 Å². The molecule has 2 rings (SSSR count). The van der Waals surface area contributed by atoms with Gasteiger partial charge in [0.2, 0.25) is 0 Å². The van der Waals surface area contributed by atoms with Gasteiger partial charge in [0.05, 0.1) is 19.3 Å². The highest BCUT2D eigenvalue weighted by atomic mass is 28.4. The molecule has 0 bridgehead atoms. The van der Waals surface area contributed by atoms with Gasteiger partial charge in [-0.05, 0) is 23.7 Å². The average molecular weight is 405 g/mol. The standard InChI is InChI=1S/C23H36O4Si/c1-7-28(8-2,9-3)27-21-17(4)20(16-15-19-13-11-10-12-14-19)26-22(18(21)5)23(24)25-6/h10-18,20-22H,7-9H2,1-6H3/b16-15+/t17-,18-,20+,21?,22+/m1/s1. The lowest BCUT2D eigenvalue weighted by atomic mass is 9.82. The molecule has 1 aromatic rings. The summed E-state index contributed by atoms with van der Waals surface area (Å²) in [6.45, 7) is 10.9. The van der Waals surface area contributed by atoms with Crippen molar-refractivity contribution >= 4 is 20.4 Å². The number of carbonyl (C=O) groups excluding carboxylic acids is 1. The second kappa shape index (κ2) is 10.4. The van der Waals surface area contributed by atoms with Crippen molar-refractivity contribution in [1.82, 2.24) is 0 Å². The molecule has 0 radical (unpaired) electrons. The number of carbonyl (C=O) groups is 1. The van der Waals surface area contributed by atoms with Crippen molar-refractivity contribution in [3.05, 3.63) is 42.0 Å². The van der Waals surface area contributed by atoms with Gasteiger partial charge in [0, 0.05) is 11.8 Å². The van der Waals surface area contributed by atoms with E-state index in [1.165, 1.54) is 7.11 Å². The molecule has 1 unspecified atom stereocenters. The first-order chi connectivity index (χ1) is 13.4. The molecule has 5 atom stereocenters. The SMILES string of the molecule is CC[Si](CC)(CC)OC1[C@@H](C)[C@@H](C(=O)OC)O[C@@H](/C=C/c2ccccc2)[C@H]1C. The Morgan fingerprint density at radius 1 is 1.07 bits per heavy atom. The van der Waals surface area contributed by atoms with E-state index in [1.807, 2.05) is 18.2 Å². The third-order valence-corrected chi connectivity index (χ3v) is 11.0. The van der Waals surface area contributed by atoms with Crippen molar-refractivity contribution in [2.24, 2.45) is 11.8 Å². The zero-order valence-electron chi connectivity index (χ0n) is 18.2. The van der Waals surface area contributed by atoms with Crippen molar-refractivity contribution in [3.8, 4) is 0 Å². The fourth-order valence-corrected chi connectivity index (χ4v) is 7.14. The fourth-order valence-electron chi connectivity index (χ4n) is 4.14. The van der Waals surface area contributed by atoms with Crippen LogP contribution < -0.4 is 0 Å². The van der Waals surface area contributed by atoms with Crippen LogP contribution in [0.1, 0.15) is 40.2 Å². The lowest BCUT2D eigenvalue weighted by Crippen LogP contribution is -2.56. The first-order valence-corrected chi connectivity index (χ1v) is 13.1. The summed E-state index contributed by atoms with van der Waals surface area (Å²) in [5.74, 6) is -0.199. The zero-order valence-corrected chi connectivity index (χ0v) is 19.2. The van der Waals surface area contributed by atoms with Crippen molar-refractivity contribution in [3.63, 3.8) is 0 Å². The quantitative estimate of drug-likeness (QED) is 0.435. The van der Waals surface area contributed by atoms with Crippen LogP contribution in [0.3, 0.4) is 0 Å². The Morgan fingerprint density at radius 2 is 1.68 bits per heavy atom. The first-order valence-electron chi connectivity index (χ1n) is 10.6. The van der Waals surface area contributed by atoms with E-state index in [-0.39, 0.29) is 30.0 Å². The summed E-state index contributed by atoms with van der Waals surface area (Å²) < 4.78 is 18.1. The van der Waals surface area contributed by atoms with Gasteiger partial charge in [0.15, 0.2) is 14.4 Å². The van der Waals surface area contributed by atoms with Crippen LogP contribution in [-0.2, 0) is 18.7 Å². The Labute approximate surface area is 171 Å². The number of ether oxygens (including phenoxy) is 2. The van der Waals surface area contributed by atoms with Crippen LogP contribution in [0.15, 0.2) is 36.4 Å². The summed E-state index contributed by atoms with van der Waals surface area (Å²) in [6, 6.07) is 13.4. The van der Waals surface area contributed by atoms with E-state index < -0.39 is 14.4 Å². The van der Waals surface area contributed by atoms with Crippen molar-refractivity contribution < 1.29 is 18.7 Å². The highest BCUT2D eigenvalue weighted by Gasteiger charge is 2.47. The molecule has 0 amide bonds. The summed E-state index contributed by atoms with van der Waals surface area (Å²) >= 11 is 0. The molecule has 28 heavy (non-hydrogen) atoms. The smallest absolute Gasteiger partial charge is 0.335 e. The Morgan fingerprint density at radius 3 is 2.21 bits per heavy atom. The maximum absolute atomic E-state index is 12.4. The molecule has 0 aliphatic carbocycles. The molecule has 1 fully saturated rings. The first kappa shape index (κ1) is 22.9. The van der Waals surface area contributed by atoms with Crippen molar-refractivity contribution in [2.75, 3.05) is 7.11 Å². The third kappa shape index (κ3) is 5.13. The molecule has 1 heterocycles. The molecule has 156 valence electrons. The van der Waals surface area contributed by atoms with E-state index >= 15 is 0 Å². The van der Waals surface area contributed by atoms with Gasteiger partial charge in [-0.2, -0.15) is 0 Å².